The molecule has 8 heteroatoms. The molecular weight excluding hydrogens is 415 g/mol. The van der Waals surface area contributed by atoms with E-state index in [0.717, 1.165) is 5.56 Å². The van der Waals surface area contributed by atoms with Gasteiger partial charge in [-0.2, -0.15) is 4.98 Å². The SMILES string of the molecule is CC(C)(C)c1ccc(-c2noc(Cn3cnc4c(sc5cccc(F)c54)c3=O)n2)cc1. The predicted molar refractivity (Wildman–Crippen MR) is 119 cm³/mol. The van der Waals surface area contributed by atoms with Crippen molar-refractivity contribution in [3.8, 4) is 11.4 Å². The average molecular weight is 434 g/mol. The minimum atomic E-state index is -0.382. The first kappa shape index (κ1) is 19.6. The maximum absolute atomic E-state index is 14.2. The normalized spacial score (nSPS) is 12.1. The first-order chi connectivity index (χ1) is 14.8. The number of hydrogen-bond acceptors (Lipinski definition) is 6. The lowest BCUT2D eigenvalue weighted by molar-refractivity contribution is 0.369. The van der Waals surface area contributed by atoms with Crippen LogP contribution in [0.2, 0.25) is 0 Å². The molecule has 2 aromatic carbocycles. The second-order valence-corrected chi connectivity index (χ2v) is 9.46. The van der Waals surface area contributed by atoms with E-state index in [-0.39, 0.29) is 23.3 Å². The summed E-state index contributed by atoms with van der Waals surface area (Å²) in [5.74, 6) is 0.374. The Bertz CT molecular complexity index is 1480. The molecule has 0 aliphatic heterocycles. The molecule has 0 aliphatic carbocycles. The monoisotopic (exact) mass is 434 g/mol. The maximum atomic E-state index is 14.2. The summed E-state index contributed by atoms with van der Waals surface area (Å²) in [5.41, 5.74) is 2.22. The van der Waals surface area contributed by atoms with Gasteiger partial charge in [0.05, 0.1) is 17.2 Å². The molecule has 6 nitrogen and oxygen atoms in total. The summed E-state index contributed by atoms with van der Waals surface area (Å²) in [5, 5.41) is 4.42. The van der Waals surface area contributed by atoms with Crippen LogP contribution < -0.4 is 5.56 Å². The van der Waals surface area contributed by atoms with Crippen molar-refractivity contribution in [3.63, 3.8) is 0 Å². The van der Waals surface area contributed by atoms with Crippen molar-refractivity contribution in [2.75, 3.05) is 0 Å². The third-order valence-electron chi connectivity index (χ3n) is 5.20. The molecule has 31 heavy (non-hydrogen) atoms. The highest BCUT2D eigenvalue weighted by Crippen LogP contribution is 2.32. The highest BCUT2D eigenvalue weighted by molar-refractivity contribution is 7.25. The summed E-state index contributed by atoms with van der Waals surface area (Å²) in [6.07, 6.45) is 1.39. The third-order valence-corrected chi connectivity index (χ3v) is 6.34. The van der Waals surface area contributed by atoms with Gasteiger partial charge in [-0.1, -0.05) is 56.3 Å². The van der Waals surface area contributed by atoms with Crippen LogP contribution in [0.5, 0.6) is 0 Å². The summed E-state index contributed by atoms with van der Waals surface area (Å²) in [4.78, 5) is 21.7. The van der Waals surface area contributed by atoms with Crippen LogP contribution in [0.4, 0.5) is 4.39 Å². The fourth-order valence-corrected chi connectivity index (χ4v) is 4.60. The Morgan fingerprint density at radius 3 is 2.65 bits per heavy atom. The summed E-state index contributed by atoms with van der Waals surface area (Å²) in [6, 6.07) is 12.8. The number of fused-ring (bicyclic) bond motifs is 3. The first-order valence-electron chi connectivity index (χ1n) is 9.81. The molecular formula is C23H19FN4O2S. The fourth-order valence-electron chi connectivity index (χ4n) is 3.48. The standard InChI is InChI=1S/C23H19FN4O2S/c1-23(2,3)14-9-7-13(8-10-14)21-26-17(30-27-21)11-28-12-25-19-18-15(24)5-4-6-16(18)31-20(19)22(28)29/h4-10,12H,11H2,1-3H3. The summed E-state index contributed by atoms with van der Waals surface area (Å²) in [6.45, 7) is 6.55. The van der Waals surface area contributed by atoms with Crippen LogP contribution in [0, 0.1) is 5.82 Å². The molecule has 5 rings (SSSR count). The zero-order valence-electron chi connectivity index (χ0n) is 17.2. The van der Waals surface area contributed by atoms with Crippen molar-refractivity contribution >= 4 is 31.6 Å². The molecule has 0 atom stereocenters. The Hall–Kier alpha value is -3.39. The molecule has 5 aromatic rings. The minimum absolute atomic E-state index is 0.0588. The topological polar surface area (TPSA) is 73.8 Å². The number of halogens is 1. The van der Waals surface area contributed by atoms with Gasteiger partial charge in [-0.05, 0) is 23.1 Å². The van der Waals surface area contributed by atoms with E-state index in [1.165, 1.54) is 33.9 Å². The number of thiophene rings is 1. The van der Waals surface area contributed by atoms with Gasteiger partial charge in [-0.3, -0.25) is 9.36 Å². The van der Waals surface area contributed by atoms with Crippen molar-refractivity contribution in [1.82, 2.24) is 19.7 Å². The lowest BCUT2D eigenvalue weighted by atomic mass is 9.87. The van der Waals surface area contributed by atoms with E-state index in [0.29, 0.717) is 32.0 Å². The molecule has 0 saturated heterocycles. The highest BCUT2D eigenvalue weighted by atomic mass is 32.1. The Kier molecular flexibility index (Phi) is 4.48. The zero-order valence-corrected chi connectivity index (χ0v) is 18.0. The Labute approximate surface area is 181 Å². The molecule has 156 valence electrons. The molecule has 0 bridgehead atoms. The molecule has 0 amide bonds. The molecule has 3 aromatic heterocycles. The average Bonchev–Trinajstić information content (AvgIpc) is 3.35. The van der Waals surface area contributed by atoms with E-state index in [1.54, 1.807) is 12.1 Å². The molecule has 0 fully saturated rings. The molecule has 0 radical (unpaired) electrons. The van der Waals surface area contributed by atoms with Gasteiger partial charge in [-0.25, -0.2) is 9.37 Å². The van der Waals surface area contributed by atoms with Crippen molar-refractivity contribution in [2.45, 2.75) is 32.7 Å². The van der Waals surface area contributed by atoms with E-state index in [1.807, 2.05) is 24.3 Å². The Balaban J connectivity index is 1.46. The van der Waals surface area contributed by atoms with Crippen molar-refractivity contribution in [1.29, 1.82) is 0 Å². The number of rotatable bonds is 3. The van der Waals surface area contributed by atoms with Crippen molar-refractivity contribution in [3.05, 3.63) is 76.4 Å². The van der Waals surface area contributed by atoms with Crippen molar-refractivity contribution < 1.29 is 8.91 Å². The predicted octanol–water partition coefficient (Wildman–Crippen LogP) is 5.15. The Morgan fingerprint density at radius 1 is 1.13 bits per heavy atom. The van der Waals surface area contributed by atoms with E-state index in [4.69, 9.17) is 4.52 Å². The summed E-state index contributed by atoms with van der Waals surface area (Å²) >= 11 is 1.23. The van der Waals surface area contributed by atoms with Crippen LogP contribution >= 0.6 is 11.3 Å². The van der Waals surface area contributed by atoms with Crippen molar-refractivity contribution in [2.24, 2.45) is 0 Å². The smallest absolute Gasteiger partial charge is 0.271 e. The quantitative estimate of drug-likeness (QED) is 0.393. The number of nitrogens with zero attached hydrogens (tertiary/aromatic N) is 4. The largest absolute Gasteiger partial charge is 0.337 e. The lowest BCUT2D eigenvalue weighted by Gasteiger charge is -2.18. The van der Waals surface area contributed by atoms with Gasteiger partial charge in [-0.15, -0.1) is 11.3 Å². The van der Waals surface area contributed by atoms with Crippen LogP contribution in [0.15, 0.2) is 58.1 Å². The van der Waals surface area contributed by atoms with Crippen LogP contribution in [-0.2, 0) is 12.0 Å². The zero-order chi connectivity index (χ0) is 21.8. The van der Waals surface area contributed by atoms with E-state index < -0.39 is 0 Å². The summed E-state index contributed by atoms with van der Waals surface area (Å²) in [7, 11) is 0. The van der Waals surface area contributed by atoms with E-state index in [2.05, 4.69) is 35.9 Å². The summed E-state index contributed by atoms with van der Waals surface area (Å²) < 4.78 is 22.1. The van der Waals surface area contributed by atoms with Gasteiger partial charge in [0, 0.05) is 10.3 Å². The molecule has 3 heterocycles. The van der Waals surface area contributed by atoms with Crippen LogP contribution in [0.1, 0.15) is 32.2 Å². The third kappa shape index (κ3) is 3.42. The minimum Gasteiger partial charge on any atom is -0.337 e. The van der Waals surface area contributed by atoms with Crippen LogP contribution in [0.3, 0.4) is 0 Å². The van der Waals surface area contributed by atoms with E-state index in [9.17, 15) is 9.18 Å². The molecule has 0 saturated carbocycles. The van der Waals surface area contributed by atoms with Gasteiger partial charge in [0.1, 0.15) is 17.1 Å². The van der Waals surface area contributed by atoms with Crippen LogP contribution in [-0.4, -0.2) is 19.7 Å². The molecule has 0 unspecified atom stereocenters. The maximum Gasteiger partial charge on any atom is 0.271 e. The second-order valence-electron chi connectivity index (χ2n) is 8.41. The molecule has 0 aliphatic rings. The number of hydrogen-bond donors (Lipinski definition) is 0. The van der Waals surface area contributed by atoms with E-state index >= 15 is 0 Å². The van der Waals surface area contributed by atoms with Gasteiger partial charge >= 0.3 is 0 Å². The Morgan fingerprint density at radius 2 is 1.90 bits per heavy atom. The highest BCUT2D eigenvalue weighted by Gasteiger charge is 2.17. The van der Waals surface area contributed by atoms with Gasteiger partial charge in [0.25, 0.3) is 5.56 Å². The first-order valence-corrected chi connectivity index (χ1v) is 10.6. The van der Waals surface area contributed by atoms with Gasteiger partial charge in [0.15, 0.2) is 0 Å². The number of aromatic nitrogens is 4. The van der Waals surface area contributed by atoms with Gasteiger partial charge in [0.2, 0.25) is 11.7 Å². The van der Waals surface area contributed by atoms with Crippen LogP contribution in [0.25, 0.3) is 31.7 Å². The lowest BCUT2D eigenvalue weighted by Crippen LogP contribution is -2.20. The van der Waals surface area contributed by atoms with Gasteiger partial charge < -0.3 is 4.52 Å². The molecule has 0 N–H and O–H groups in total. The fraction of sp³-hybridized carbons (Fsp3) is 0.217. The number of benzene rings is 2. The second kappa shape index (κ2) is 7.09. The molecule has 0 spiro atoms.